The van der Waals surface area contributed by atoms with Crippen LogP contribution in [0.2, 0.25) is 5.02 Å². The number of carbonyl (C=O) groups is 1. The summed E-state index contributed by atoms with van der Waals surface area (Å²) in [6.45, 7) is 0.632. The maximum Gasteiger partial charge on any atom is 0.290 e. The Morgan fingerprint density at radius 2 is 2.20 bits per heavy atom. The van der Waals surface area contributed by atoms with Crippen molar-refractivity contribution in [2.45, 2.75) is 18.9 Å². The van der Waals surface area contributed by atoms with Crippen molar-refractivity contribution in [3.8, 4) is 5.69 Å². The Bertz CT molecular complexity index is 925. The molecule has 0 radical (unpaired) electrons. The Kier molecular flexibility index (Phi) is 4.30. The van der Waals surface area contributed by atoms with Crippen molar-refractivity contribution in [1.82, 2.24) is 25.1 Å². The van der Waals surface area contributed by atoms with Crippen LogP contribution in [-0.4, -0.2) is 37.6 Å². The molecule has 0 bridgehead atoms. The normalized spacial score (nSPS) is 17.2. The average molecular weight is 423 g/mol. The minimum atomic E-state index is -0.218. The SMILES string of the molecule is O=C(c1ccc(Br)o1)N1CCCC1c1nnn(-c2cccc(Cl)c2)n1. The van der Waals surface area contributed by atoms with Gasteiger partial charge in [0, 0.05) is 11.6 Å². The smallest absolute Gasteiger partial charge is 0.290 e. The van der Waals surface area contributed by atoms with Crippen molar-refractivity contribution in [3.05, 3.63) is 57.7 Å². The first-order chi connectivity index (χ1) is 12.1. The summed E-state index contributed by atoms with van der Waals surface area (Å²) in [5, 5.41) is 13.3. The van der Waals surface area contributed by atoms with Crippen molar-refractivity contribution in [2.75, 3.05) is 6.54 Å². The molecule has 1 amide bonds. The summed E-state index contributed by atoms with van der Waals surface area (Å²) in [7, 11) is 0. The third-order valence-electron chi connectivity index (χ3n) is 4.06. The zero-order valence-electron chi connectivity index (χ0n) is 13.0. The van der Waals surface area contributed by atoms with Crippen LogP contribution in [0, 0.1) is 0 Å². The standard InChI is InChI=1S/C16H13BrClN5O2/c17-14-7-6-13(25-14)16(24)22-8-2-5-12(22)15-19-21-23(20-15)11-4-1-3-10(18)9-11/h1,3-4,6-7,9,12H,2,5,8H2. The van der Waals surface area contributed by atoms with Gasteiger partial charge in [-0.05, 0) is 64.3 Å². The van der Waals surface area contributed by atoms with E-state index < -0.39 is 0 Å². The van der Waals surface area contributed by atoms with Gasteiger partial charge in [-0.2, -0.15) is 0 Å². The number of rotatable bonds is 3. The van der Waals surface area contributed by atoms with E-state index in [-0.39, 0.29) is 11.9 Å². The molecule has 1 fully saturated rings. The fraction of sp³-hybridized carbons (Fsp3) is 0.250. The molecule has 0 aliphatic carbocycles. The first-order valence-electron chi connectivity index (χ1n) is 7.74. The van der Waals surface area contributed by atoms with Crippen molar-refractivity contribution < 1.29 is 9.21 Å². The topological polar surface area (TPSA) is 77.0 Å². The van der Waals surface area contributed by atoms with Crippen molar-refractivity contribution in [2.24, 2.45) is 0 Å². The second kappa shape index (κ2) is 6.61. The zero-order valence-corrected chi connectivity index (χ0v) is 15.3. The molecular weight excluding hydrogens is 410 g/mol. The molecule has 2 aromatic heterocycles. The molecule has 0 saturated carbocycles. The third kappa shape index (κ3) is 3.19. The summed E-state index contributed by atoms with van der Waals surface area (Å²) < 4.78 is 5.90. The lowest BCUT2D eigenvalue weighted by atomic mass is 10.2. The number of carbonyl (C=O) groups excluding carboxylic acids is 1. The summed E-state index contributed by atoms with van der Waals surface area (Å²) >= 11 is 9.22. The molecule has 0 spiro atoms. The third-order valence-corrected chi connectivity index (χ3v) is 4.73. The summed E-state index contributed by atoms with van der Waals surface area (Å²) in [5.41, 5.74) is 0.720. The summed E-state index contributed by atoms with van der Waals surface area (Å²) in [5.74, 6) is 0.629. The number of benzene rings is 1. The van der Waals surface area contributed by atoms with Crippen LogP contribution in [0.4, 0.5) is 0 Å². The van der Waals surface area contributed by atoms with Crippen LogP contribution in [0.3, 0.4) is 0 Å². The molecule has 1 unspecified atom stereocenters. The Balaban J connectivity index is 1.60. The van der Waals surface area contributed by atoms with E-state index in [4.69, 9.17) is 16.0 Å². The van der Waals surface area contributed by atoms with E-state index in [1.807, 2.05) is 12.1 Å². The highest BCUT2D eigenvalue weighted by molar-refractivity contribution is 9.10. The van der Waals surface area contributed by atoms with E-state index in [0.29, 0.717) is 27.8 Å². The number of tetrazole rings is 1. The highest BCUT2D eigenvalue weighted by Crippen LogP contribution is 2.31. The number of likely N-dealkylation sites (tertiary alicyclic amines) is 1. The maximum absolute atomic E-state index is 12.7. The molecule has 25 heavy (non-hydrogen) atoms. The Labute approximate surface area is 156 Å². The highest BCUT2D eigenvalue weighted by atomic mass is 79.9. The minimum Gasteiger partial charge on any atom is -0.444 e. The minimum absolute atomic E-state index is 0.174. The number of halogens is 2. The number of nitrogens with zero attached hydrogens (tertiary/aromatic N) is 5. The van der Waals surface area contributed by atoms with Crippen LogP contribution in [0.5, 0.6) is 0 Å². The highest BCUT2D eigenvalue weighted by Gasteiger charge is 2.35. The summed E-state index contributed by atoms with van der Waals surface area (Å²) in [6, 6.07) is 10.3. The number of hydrogen-bond donors (Lipinski definition) is 0. The van der Waals surface area contributed by atoms with Gasteiger partial charge in [-0.3, -0.25) is 4.79 Å². The molecule has 128 valence electrons. The van der Waals surface area contributed by atoms with Gasteiger partial charge in [-0.1, -0.05) is 17.7 Å². The Morgan fingerprint density at radius 1 is 1.32 bits per heavy atom. The Hall–Kier alpha value is -2.19. The number of amides is 1. The molecule has 3 heterocycles. The van der Waals surface area contributed by atoms with Gasteiger partial charge in [0.05, 0.1) is 11.7 Å². The van der Waals surface area contributed by atoms with Gasteiger partial charge in [0.15, 0.2) is 16.3 Å². The molecule has 1 aromatic carbocycles. The van der Waals surface area contributed by atoms with Gasteiger partial charge in [0.25, 0.3) is 5.91 Å². The first-order valence-corrected chi connectivity index (χ1v) is 8.91. The van der Waals surface area contributed by atoms with Gasteiger partial charge < -0.3 is 9.32 Å². The molecule has 7 nitrogen and oxygen atoms in total. The molecule has 1 aliphatic rings. The van der Waals surface area contributed by atoms with Crippen LogP contribution in [0.15, 0.2) is 45.5 Å². The monoisotopic (exact) mass is 421 g/mol. The molecule has 1 atom stereocenters. The second-order valence-electron chi connectivity index (χ2n) is 5.68. The molecule has 9 heteroatoms. The molecule has 3 aromatic rings. The van der Waals surface area contributed by atoms with Gasteiger partial charge in [-0.25, -0.2) is 0 Å². The van der Waals surface area contributed by atoms with Crippen molar-refractivity contribution in [1.29, 1.82) is 0 Å². The van der Waals surface area contributed by atoms with Gasteiger partial charge in [0.2, 0.25) is 0 Å². The Morgan fingerprint density at radius 3 is 2.96 bits per heavy atom. The van der Waals surface area contributed by atoms with Gasteiger partial charge >= 0.3 is 0 Å². The quantitative estimate of drug-likeness (QED) is 0.644. The predicted molar refractivity (Wildman–Crippen MR) is 93.6 cm³/mol. The van der Waals surface area contributed by atoms with Gasteiger partial charge in [0.1, 0.15) is 0 Å². The zero-order chi connectivity index (χ0) is 17.4. The largest absolute Gasteiger partial charge is 0.444 e. The van der Waals surface area contributed by atoms with E-state index in [1.54, 1.807) is 29.2 Å². The molecule has 1 saturated heterocycles. The van der Waals surface area contributed by atoms with Crippen molar-refractivity contribution >= 4 is 33.4 Å². The lowest BCUT2D eigenvalue weighted by molar-refractivity contribution is 0.0696. The lowest BCUT2D eigenvalue weighted by Crippen LogP contribution is -2.30. The summed E-state index contributed by atoms with van der Waals surface area (Å²) in [4.78, 5) is 15.8. The second-order valence-corrected chi connectivity index (χ2v) is 6.90. The van der Waals surface area contributed by atoms with Gasteiger partial charge in [-0.15, -0.1) is 15.0 Å². The molecule has 0 N–H and O–H groups in total. The predicted octanol–water partition coefficient (Wildman–Crippen LogP) is 3.65. The summed E-state index contributed by atoms with van der Waals surface area (Å²) in [6.07, 6.45) is 1.67. The van der Waals surface area contributed by atoms with E-state index in [9.17, 15) is 4.79 Å². The van der Waals surface area contributed by atoms with E-state index in [1.165, 1.54) is 4.80 Å². The fourth-order valence-corrected chi connectivity index (χ4v) is 3.41. The van der Waals surface area contributed by atoms with Crippen molar-refractivity contribution in [3.63, 3.8) is 0 Å². The van der Waals surface area contributed by atoms with E-state index in [0.717, 1.165) is 18.5 Å². The molecule has 1 aliphatic heterocycles. The molecular formula is C16H13BrClN5O2. The van der Waals surface area contributed by atoms with E-state index >= 15 is 0 Å². The first kappa shape index (κ1) is 16.3. The number of aromatic nitrogens is 4. The lowest BCUT2D eigenvalue weighted by Gasteiger charge is -2.20. The van der Waals surface area contributed by atoms with Crippen LogP contribution < -0.4 is 0 Å². The number of furan rings is 1. The number of hydrogen-bond acceptors (Lipinski definition) is 5. The van der Waals surface area contributed by atoms with E-state index in [2.05, 4.69) is 31.3 Å². The van der Waals surface area contributed by atoms with Crippen LogP contribution in [0.25, 0.3) is 5.69 Å². The average Bonchev–Trinajstić information content (AvgIpc) is 3.34. The van der Waals surface area contributed by atoms with Crippen LogP contribution in [-0.2, 0) is 0 Å². The maximum atomic E-state index is 12.7. The molecule has 4 rings (SSSR count). The fourth-order valence-electron chi connectivity index (χ4n) is 2.92. The van der Waals surface area contributed by atoms with Crippen LogP contribution in [0.1, 0.15) is 35.3 Å². The van der Waals surface area contributed by atoms with Crippen LogP contribution >= 0.6 is 27.5 Å².